The first-order chi connectivity index (χ1) is 12.7. The van der Waals surface area contributed by atoms with Crippen LogP contribution in [0.25, 0.3) is 0 Å². The Bertz CT molecular complexity index is 897. The van der Waals surface area contributed by atoms with Gasteiger partial charge < -0.3 is 9.66 Å². The minimum Gasteiger partial charge on any atom is -0.612 e. The Kier molecular flexibility index (Phi) is 5.45. The largest absolute Gasteiger partial charge is 0.612 e. The summed E-state index contributed by atoms with van der Waals surface area (Å²) in [6.07, 6.45) is 11.2. The molecule has 3 aliphatic rings. The Morgan fingerprint density at radius 2 is 2.11 bits per heavy atom. The number of rotatable bonds is 5. The monoisotopic (exact) mass is 386 g/mol. The van der Waals surface area contributed by atoms with Gasteiger partial charge in [0.15, 0.2) is 0 Å². The molecule has 3 nitrogen and oxygen atoms in total. The van der Waals surface area contributed by atoms with Crippen LogP contribution in [-0.4, -0.2) is 21.9 Å². The SMILES string of the molecule is C=C1/C(=C\C2=CC=C([S+](C)[O-])C3C[C@H]23)C(C)=C(CC(=O)O)/C1=C/C(F)=C\C. The molecule has 1 N–H and O–H groups in total. The number of allylic oxidation sites excluding steroid dienone is 12. The molecule has 1 saturated carbocycles. The van der Waals surface area contributed by atoms with Crippen LogP contribution in [0.4, 0.5) is 4.39 Å². The highest BCUT2D eigenvalue weighted by molar-refractivity contribution is 7.94. The Morgan fingerprint density at radius 3 is 2.70 bits per heavy atom. The first-order valence-electron chi connectivity index (χ1n) is 8.87. The molecule has 1 fully saturated rings. The quantitative estimate of drug-likeness (QED) is 0.683. The maximum atomic E-state index is 13.9. The zero-order valence-corrected chi connectivity index (χ0v) is 16.5. The van der Waals surface area contributed by atoms with Crippen molar-refractivity contribution >= 4 is 17.1 Å². The molecule has 5 heteroatoms. The number of hydrogen-bond acceptors (Lipinski definition) is 2. The third-order valence-corrected chi connectivity index (χ3v) is 6.49. The average Bonchev–Trinajstić information content (AvgIpc) is 3.37. The molecule has 2 unspecified atom stereocenters. The molecule has 27 heavy (non-hydrogen) atoms. The molecule has 0 saturated heterocycles. The predicted molar refractivity (Wildman–Crippen MR) is 107 cm³/mol. The lowest BCUT2D eigenvalue weighted by Crippen LogP contribution is -2.07. The number of halogens is 1. The number of fused-ring (bicyclic) bond motifs is 1. The third kappa shape index (κ3) is 3.80. The predicted octanol–water partition coefficient (Wildman–Crippen LogP) is 4.91. The minimum absolute atomic E-state index is 0.172. The topological polar surface area (TPSA) is 60.4 Å². The summed E-state index contributed by atoms with van der Waals surface area (Å²) >= 11 is -0.953. The lowest BCUT2D eigenvalue weighted by molar-refractivity contribution is -0.136. The van der Waals surface area contributed by atoms with Gasteiger partial charge in [-0.2, -0.15) is 0 Å². The molecule has 0 aromatic rings. The number of hydrogen-bond donors (Lipinski definition) is 1. The van der Waals surface area contributed by atoms with Crippen LogP contribution in [0.2, 0.25) is 0 Å². The van der Waals surface area contributed by atoms with Gasteiger partial charge in [0, 0.05) is 5.92 Å². The summed E-state index contributed by atoms with van der Waals surface area (Å²) in [7, 11) is 0. The summed E-state index contributed by atoms with van der Waals surface area (Å²) in [6.45, 7) is 7.56. The summed E-state index contributed by atoms with van der Waals surface area (Å²) in [5, 5.41) is 9.26. The zero-order valence-electron chi connectivity index (χ0n) is 15.7. The number of carboxylic acid groups (broad SMARTS) is 1. The van der Waals surface area contributed by atoms with Crippen LogP contribution in [0.3, 0.4) is 0 Å². The lowest BCUT2D eigenvalue weighted by Gasteiger charge is -2.13. The van der Waals surface area contributed by atoms with Crippen LogP contribution in [0.5, 0.6) is 0 Å². The van der Waals surface area contributed by atoms with Crippen molar-refractivity contribution in [3.05, 3.63) is 81.1 Å². The van der Waals surface area contributed by atoms with Crippen molar-refractivity contribution < 1.29 is 18.8 Å². The van der Waals surface area contributed by atoms with Gasteiger partial charge in [0.05, 0.1) is 6.42 Å². The second-order valence-corrected chi connectivity index (χ2v) is 8.46. The Balaban J connectivity index is 2.02. The van der Waals surface area contributed by atoms with Gasteiger partial charge >= 0.3 is 5.97 Å². The minimum atomic E-state index is -0.956. The first-order valence-corrected chi connectivity index (χ1v) is 10.4. The number of carboxylic acids is 1. The Labute approximate surface area is 162 Å². The van der Waals surface area contributed by atoms with Crippen LogP contribution in [-0.2, 0) is 16.0 Å². The van der Waals surface area contributed by atoms with Crippen molar-refractivity contribution in [1.82, 2.24) is 0 Å². The van der Waals surface area contributed by atoms with E-state index in [0.717, 1.165) is 28.0 Å². The second-order valence-electron chi connectivity index (χ2n) is 7.08. The van der Waals surface area contributed by atoms with Gasteiger partial charge in [-0.25, -0.2) is 4.39 Å². The fourth-order valence-electron chi connectivity index (χ4n) is 3.82. The van der Waals surface area contributed by atoms with Crippen LogP contribution >= 0.6 is 0 Å². The standard InChI is InChI=1S/C22H23FO3S/c1-5-15(23)9-17-12(2)16(13(3)18(17)11-22(24)25)8-14-6-7-21(27(4)26)20-10-19(14)20/h5-9,19-20H,2,10-11H2,1,3-4H3,(H,24,25)/b15-5+,16-8+,17-9+/t19-,20?,27?/m1/s1. The Morgan fingerprint density at radius 1 is 1.41 bits per heavy atom. The number of aliphatic carboxylic acids is 1. The molecule has 0 radical (unpaired) electrons. The summed E-state index contributed by atoms with van der Waals surface area (Å²) in [5.74, 6) is -0.687. The highest BCUT2D eigenvalue weighted by atomic mass is 32.2. The molecular formula is C22H23FO3S. The van der Waals surface area contributed by atoms with Crippen LogP contribution < -0.4 is 0 Å². The fourth-order valence-corrected chi connectivity index (χ4v) is 4.77. The van der Waals surface area contributed by atoms with E-state index in [1.165, 1.54) is 12.2 Å². The molecule has 0 aliphatic heterocycles. The van der Waals surface area contributed by atoms with Crippen molar-refractivity contribution in [1.29, 1.82) is 0 Å². The highest BCUT2D eigenvalue weighted by Crippen LogP contribution is 2.54. The maximum Gasteiger partial charge on any atom is 0.307 e. The van der Waals surface area contributed by atoms with Gasteiger partial charge in [0.25, 0.3) is 0 Å². The van der Waals surface area contributed by atoms with E-state index in [-0.39, 0.29) is 6.42 Å². The maximum absolute atomic E-state index is 13.9. The van der Waals surface area contributed by atoms with E-state index in [9.17, 15) is 18.8 Å². The van der Waals surface area contributed by atoms with Gasteiger partial charge in [0.1, 0.15) is 17.0 Å². The summed E-state index contributed by atoms with van der Waals surface area (Å²) in [4.78, 5) is 12.3. The average molecular weight is 386 g/mol. The third-order valence-electron chi connectivity index (χ3n) is 5.39. The smallest absolute Gasteiger partial charge is 0.307 e. The molecule has 142 valence electrons. The van der Waals surface area contributed by atoms with Crippen LogP contribution in [0.15, 0.2) is 81.1 Å². The van der Waals surface area contributed by atoms with Crippen molar-refractivity contribution in [2.45, 2.75) is 26.7 Å². The van der Waals surface area contributed by atoms with E-state index >= 15 is 0 Å². The molecular weight excluding hydrogens is 363 g/mol. The van der Waals surface area contributed by atoms with Crippen molar-refractivity contribution in [2.24, 2.45) is 11.8 Å². The molecule has 0 aromatic heterocycles. The van der Waals surface area contributed by atoms with E-state index in [1.54, 1.807) is 13.2 Å². The summed E-state index contributed by atoms with van der Waals surface area (Å²) in [5.41, 5.74) is 4.61. The van der Waals surface area contributed by atoms with E-state index < -0.39 is 23.0 Å². The van der Waals surface area contributed by atoms with Gasteiger partial charge in [-0.15, -0.1) is 0 Å². The summed E-state index contributed by atoms with van der Waals surface area (Å²) < 4.78 is 25.7. The molecule has 3 atom stereocenters. The molecule has 3 rings (SSSR count). The second kappa shape index (κ2) is 7.49. The van der Waals surface area contributed by atoms with Gasteiger partial charge in [-0.05, 0) is 83.0 Å². The summed E-state index contributed by atoms with van der Waals surface area (Å²) in [6, 6.07) is 0. The van der Waals surface area contributed by atoms with Crippen LogP contribution in [0, 0.1) is 11.8 Å². The highest BCUT2D eigenvalue weighted by Gasteiger charge is 2.47. The molecule has 0 aromatic carbocycles. The fraction of sp³-hybridized carbons (Fsp3) is 0.318. The van der Waals surface area contributed by atoms with E-state index in [2.05, 4.69) is 6.58 Å². The molecule has 0 amide bonds. The molecule has 0 heterocycles. The van der Waals surface area contributed by atoms with E-state index in [4.69, 9.17) is 0 Å². The van der Waals surface area contributed by atoms with E-state index in [1.807, 2.05) is 25.2 Å². The first kappa shape index (κ1) is 19.6. The molecule has 3 aliphatic carbocycles. The van der Waals surface area contributed by atoms with Gasteiger partial charge in [0.2, 0.25) is 0 Å². The van der Waals surface area contributed by atoms with Crippen molar-refractivity contribution in [3.8, 4) is 0 Å². The van der Waals surface area contributed by atoms with E-state index in [0.29, 0.717) is 28.6 Å². The van der Waals surface area contributed by atoms with Gasteiger partial charge in [-0.1, -0.05) is 24.8 Å². The normalized spacial score (nSPS) is 29.1. The Hall–Kier alpha value is -2.11. The van der Waals surface area contributed by atoms with Crippen LogP contribution in [0.1, 0.15) is 26.7 Å². The van der Waals surface area contributed by atoms with Gasteiger partial charge in [-0.3, -0.25) is 4.79 Å². The zero-order chi connectivity index (χ0) is 19.9. The molecule has 0 spiro atoms. The van der Waals surface area contributed by atoms with Crippen molar-refractivity contribution in [2.75, 3.05) is 6.26 Å². The molecule has 0 bridgehead atoms. The lowest BCUT2D eigenvalue weighted by atomic mass is 9.96. The van der Waals surface area contributed by atoms with Crippen molar-refractivity contribution in [3.63, 3.8) is 0 Å². The number of carbonyl (C=O) groups is 1.